The van der Waals surface area contributed by atoms with Crippen molar-refractivity contribution in [3.05, 3.63) is 63.5 Å². The third kappa shape index (κ3) is 3.21. The molecule has 1 amide bonds. The van der Waals surface area contributed by atoms with Crippen LogP contribution >= 0.6 is 22.9 Å². The molecule has 0 bridgehead atoms. The first-order valence-electron chi connectivity index (χ1n) is 6.65. The van der Waals surface area contributed by atoms with Crippen LogP contribution in [0.3, 0.4) is 0 Å². The second-order valence-corrected chi connectivity index (χ2v) is 6.52. The molecule has 2 heterocycles. The summed E-state index contributed by atoms with van der Waals surface area (Å²) < 4.78 is 5.91. The van der Waals surface area contributed by atoms with Crippen molar-refractivity contribution in [2.24, 2.45) is 0 Å². The van der Waals surface area contributed by atoms with E-state index in [9.17, 15) is 4.79 Å². The lowest BCUT2D eigenvalue weighted by atomic mass is 10.1. The third-order valence-corrected chi connectivity index (χ3v) is 4.37. The van der Waals surface area contributed by atoms with E-state index in [2.05, 4.69) is 5.16 Å². The Bertz CT molecular complexity index is 782. The van der Waals surface area contributed by atoms with Crippen molar-refractivity contribution >= 4 is 28.8 Å². The molecular weight excluding hydrogens is 320 g/mol. The summed E-state index contributed by atoms with van der Waals surface area (Å²) in [5.41, 5.74) is 1.74. The molecule has 0 fully saturated rings. The number of nitrogens with zero attached hydrogens (tertiary/aromatic N) is 2. The second kappa shape index (κ2) is 6.34. The van der Waals surface area contributed by atoms with Crippen molar-refractivity contribution in [2.75, 3.05) is 7.05 Å². The summed E-state index contributed by atoms with van der Waals surface area (Å²) in [7, 11) is 1.72. The molecule has 0 radical (unpaired) electrons. The molecule has 0 aliphatic heterocycles. The van der Waals surface area contributed by atoms with Gasteiger partial charge in [-0.1, -0.05) is 47.1 Å². The number of halogens is 1. The van der Waals surface area contributed by atoms with Crippen LogP contribution in [-0.2, 0) is 6.54 Å². The largest absolute Gasteiger partial charge is 0.359 e. The molecule has 22 heavy (non-hydrogen) atoms. The van der Waals surface area contributed by atoms with E-state index < -0.39 is 0 Å². The Labute approximate surface area is 136 Å². The molecule has 3 rings (SSSR count). The van der Waals surface area contributed by atoms with Gasteiger partial charge in [-0.3, -0.25) is 4.79 Å². The minimum atomic E-state index is -0.0884. The summed E-state index contributed by atoms with van der Waals surface area (Å²) in [4.78, 5) is 14.4. The summed E-state index contributed by atoms with van der Waals surface area (Å²) in [5.74, 6) is 0.548. The standard InChI is InChI=1S/C16H13ClN2O2S/c1-19(16(20)14-7-8-15(17)22-14)10-12-9-13(18-21-12)11-5-3-2-4-6-11/h2-9H,10H2,1H3. The van der Waals surface area contributed by atoms with Crippen molar-refractivity contribution in [3.63, 3.8) is 0 Å². The lowest BCUT2D eigenvalue weighted by Crippen LogP contribution is -2.25. The Morgan fingerprint density at radius 1 is 1.27 bits per heavy atom. The lowest BCUT2D eigenvalue weighted by Gasteiger charge is -2.13. The summed E-state index contributed by atoms with van der Waals surface area (Å²) in [6, 6.07) is 15.1. The van der Waals surface area contributed by atoms with E-state index in [1.54, 1.807) is 24.1 Å². The van der Waals surface area contributed by atoms with Gasteiger partial charge in [0.1, 0.15) is 5.69 Å². The number of hydrogen-bond donors (Lipinski definition) is 0. The smallest absolute Gasteiger partial charge is 0.264 e. The molecule has 3 aromatic rings. The van der Waals surface area contributed by atoms with Crippen LogP contribution in [0.25, 0.3) is 11.3 Å². The Balaban J connectivity index is 1.71. The van der Waals surface area contributed by atoms with Gasteiger partial charge >= 0.3 is 0 Å². The normalized spacial score (nSPS) is 10.6. The van der Waals surface area contributed by atoms with E-state index >= 15 is 0 Å². The number of aromatic nitrogens is 1. The first kappa shape index (κ1) is 14.8. The maximum Gasteiger partial charge on any atom is 0.264 e. The Hall–Kier alpha value is -2.11. The highest BCUT2D eigenvalue weighted by atomic mass is 35.5. The first-order chi connectivity index (χ1) is 10.6. The van der Waals surface area contributed by atoms with Crippen molar-refractivity contribution in [1.82, 2.24) is 10.1 Å². The van der Waals surface area contributed by atoms with E-state index in [-0.39, 0.29) is 5.91 Å². The monoisotopic (exact) mass is 332 g/mol. The number of rotatable bonds is 4. The average Bonchev–Trinajstić information content (AvgIpc) is 3.16. The topological polar surface area (TPSA) is 46.3 Å². The molecule has 112 valence electrons. The Kier molecular flexibility index (Phi) is 4.27. The van der Waals surface area contributed by atoms with Crippen LogP contribution in [0, 0.1) is 0 Å². The fourth-order valence-electron chi connectivity index (χ4n) is 2.06. The van der Waals surface area contributed by atoms with Crippen molar-refractivity contribution in [3.8, 4) is 11.3 Å². The van der Waals surface area contributed by atoms with E-state index in [4.69, 9.17) is 16.1 Å². The van der Waals surface area contributed by atoms with Crippen LogP contribution in [0.5, 0.6) is 0 Å². The minimum absolute atomic E-state index is 0.0884. The summed E-state index contributed by atoms with van der Waals surface area (Å²) in [5, 5.41) is 4.04. The molecule has 0 N–H and O–H groups in total. The molecule has 0 unspecified atom stereocenters. The average molecular weight is 333 g/mol. The quantitative estimate of drug-likeness (QED) is 0.714. The van der Waals surface area contributed by atoms with Crippen molar-refractivity contribution in [2.45, 2.75) is 6.54 Å². The molecular formula is C16H13ClN2O2S. The molecule has 0 saturated heterocycles. The van der Waals surface area contributed by atoms with Crippen molar-refractivity contribution < 1.29 is 9.32 Å². The van der Waals surface area contributed by atoms with Crippen molar-refractivity contribution in [1.29, 1.82) is 0 Å². The maximum atomic E-state index is 12.3. The molecule has 0 saturated carbocycles. The molecule has 0 aliphatic carbocycles. The maximum absolute atomic E-state index is 12.3. The first-order valence-corrected chi connectivity index (χ1v) is 7.85. The fourth-order valence-corrected chi connectivity index (χ4v) is 3.09. The Morgan fingerprint density at radius 2 is 2.05 bits per heavy atom. The van der Waals surface area contributed by atoms with Gasteiger partial charge in [-0.25, -0.2) is 0 Å². The van der Waals surface area contributed by atoms with Gasteiger partial charge in [0, 0.05) is 18.7 Å². The second-order valence-electron chi connectivity index (χ2n) is 4.81. The molecule has 0 aliphatic rings. The number of hydrogen-bond acceptors (Lipinski definition) is 4. The minimum Gasteiger partial charge on any atom is -0.359 e. The molecule has 0 atom stereocenters. The fraction of sp³-hybridized carbons (Fsp3) is 0.125. The Morgan fingerprint density at radius 3 is 2.73 bits per heavy atom. The van der Waals surface area contributed by atoms with E-state index in [0.29, 0.717) is 21.5 Å². The molecule has 0 spiro atoms. The highest BCUT2D eigenvalue weighted by Crippen LogP contribution is 2.24. The van der Waals surface area contributed by atoms with Crippen LogP contribution in [-0.4, -0.2) is 23.0 Å². The zero-order chi connectivity index (χ0) is 15.5. The van der Waals surface area contributed by atoms with Gasteiger partial charge in [-0.2, -0.15) is 0 Å². The predicted octanol–water partition coefficient (Wildman–Crippen LogP) is 4.33. The SMILES string of the molecule is CN(Cc1cc(-c2ccccc2)no1)C(=O)c1ccc(Cl)s1. The van der Waals surface area contributed by atoms with Crippen LogP contribution < -0.4 is 0 Å². The van der Waals surface area contributed by atoms with Gasteiger partial charge in [0.05, 0.1) is 15.8 Å². The highest BCUT2D eigenvalue weighted by Gasteiger charge is 2.16. The van der Waals surface area contributed by atoms with Crippen LogP contribution in [0.2, 0.25) is 4.34 Å². The lowest BCUT2D eigenvalue weighted by molar-refractivity contribution is 0.0777. The van der Waals surface area contributed by atoms with Crippen LogP contribution in [0.1, 0.15) is 15.4 Å². The summed E-state index contributed by atoms with van der Waals surface area (Å²) in [6.45, 7) is 0.355. The van der Waals surface area contributed by atoms with E-state index in [1.165, 1.54) is 11.3 Å². The van der Waals surface area contributed by atoms with Gasteiger partial charge in [0.15, 0.2) is 5.76 Å². The summed E-state index contributed by atoms with van der Waals surface area (Å²) in [6.07, 6.45) is 0. The van der Waals surface area contributed by atoms with Crippen LogP contribution in [0.15, 0.2) is 53.1 Å². The van der Waals surface area contributed by atoms with E-state index in [0.717, 1.165) is 11.3 Å². The molecule has 4 nitrogen and oxygen atoms in total. The number of benzene rings is 1. The number of carbonyl (C=O) groups excluding carboxylic acids is 1. The van der Waals surface area contributed by atoms with Crippen LogP contribution in [0.4, 0.5) is 0 Å². The third-order valence-electron chi connectivity index (χ3n) is 3.15. The predicted molar refractivity (Wildman–Crippen MR) is 87.1 cm³/mol. The molecule has 6 heteroatoms. The molecule has 2 aromatic heterocycles. The van der Waals surface area contributed by atoms with E-state index in [1.807, 2.05) is 36.4 Å². The zero-order valence-corrected chi connectivity index (χ0v) is 13.4. The molecule has 1 aromatic carbocycles. The van der Waals surface area contributed by atoms with Gasteiger partial charge in [-0.15, -0.1) is 11.3 Å². The van der Waals surface area contributed by atoms with Gasteiger partial charge in [0.25, 0.3) is 5.91 Å². The van der Waals surface area contributed by atoms with Gasteiger partial charge in [0.2, 0.25) is 0 Å². The van der Waals surface area contributed by atoms with Gasteiger partial charge < -0.3 is 9.42 Å². The van der Waals surface area contributed by atoms with Gasteiger partial charge in [-0.05, 0) is 12.1 Å². The summed E-state index contributed by atoms with van der Waals surface area (Å²) >= 11 is 7.12. The highest BCUT2D eigenvalue weighted by molar-refractivity contribution is 7.17. The number of carbonyl (C=O) groups is 1. The number of amides is 1. The zero-order valence-electron chi connectivity index (χ0n) is 11.8. The number of thiophene rings is 1.